The van der Waals surface area contributed by atoms with Crippen LogP contribution in [0.25, 0.3) is 22.4 Å². The lowest BCUT2D eigenvalue weighted by Gasteiger charge is -2.41. The molecular formula is C18H20F4N6O. The van der Waals surface area contributed by atoms with Crippen molar-refractivity contribution in [2.24, 2.45) is 0 Å². The molecule has 11 heteroatoms. The predicted octanol–water partition coefficient (Wildman–Crippen LogP) is 3.66. The van der Waals surface area contributed by atoms with Gasteiger partial charge in [-0.15, -0.1) is 0 Å². The number of halogens is 4. The smallest absolute Gasteiger partial charge is 0.356 e. The Morgan fingerprint density at radius 1 is 1.31 bits per heavy atom. The van der Waals surface area contributed by atoms with Crippen LogP contribution in [0.3, 0.4) is 0 Å². The van der Waals surface area contributed by atoms with Crippen LogP contribution in [0.15, 0.2) is 30.7 Å². The Kier molecular flexibility index (Phi) is 4.59. The minimum atomic E-state index is -4.48. The van der Waals surface area contributed by atoms with Crippen molar-refractivity contribution in [2.45, 2.75) is 31.0 Å². The molecule has 3 aromatic heterocycles. The highest BCUT2D eigenvalue weighted by Gasteiger charge is 2.45. The number of pyridine rings is 1. The van der Waals surface area contributed by atoms with E-state index in [-0.39, 0.29) is 14.5 Å². The molecule has 1 fully saturated rings. The number of aromatic nitrogens is 4. The van der Waals surface area contributed by atoms with Gasteiger partial charge < -0.3 is 15.6 Å². The zero-order chi connectivity index (χ0) is 20.6. The van der Waals surface area contributed by atoms with Gasteiger partial charge in [-0.3, -0.25) is 4.79 Å². The fourth-order valence-corrected chi connectivity index (χ4v) is 3.25. The highest BCUT2D eigenvalue weighted by Crippen LogP contribution is 2.36. The molecule has 1 saturated carbocycles. The Balaban J connectivity index is 0.00000171. The average Bonchev–Trinajstić information content (AvgIpc) is 3.05. The van der Waals surface area contributed by atoms with E-state index in [1.165, 1.54) is 18.3 Å². The van der Waals surface area contributed by atoms with Crippen molar-refractivity contribution in [3.05, 3.63) is 36.5 Å². The van der Waals surface area contributed by atoms with E-state index in [9.17, 15) is 22.4 Å². The van der Waals surface area contributed by atoms with Gasteiger partial charge in [-0.25, -0.2) is 19.3 Å². The van der Waals surface area contributed by atoms with Gasteiger partial charge in [-0.2, -0.15) is 13.2 Å². The largest absolute Gasteiger partial charge is 0.405 e. The standard InChI is InChI=1S/C18H16F4N6O.2H2/c19-10-6-11-12(8-25-14(11)24-7-10)15-23-5-2-13(27-15)28-17(3-1-4-17)16(29)26-9-18(20,21)22;;/h2,5-8H,1,3-4,9H2,(H,24,25)(H,26,29)(H,23,27,28);2*1H. The van der Waals surface area contributed by atoms with Gasteiger partial charge in [0.15, 0.2) is 5.82 Å². The number of nitrogens with zero attached hydrogens (tertiary/aromatic N) is 3. The van der Waals surface area contributed by atoms with Crippen molar-refractivity contribution in [3.8, 4) is 11.4 Å². The lowest BCUT2D eigenvalue weighted by molar-refractivity contribution is -0.142. The normalized spacial score (nSPS) is 15.7. The third-order valence-electron chi connectivity index (χ3n) is 4.85. The van der Waals surface area contributed by atoms with E-state index < -0.39 is 30.0 Å². The van der Waals surface area contributed by atoms with E-state index in [1.54, 1.807) is 6.20 Å². The van der Waals surface area contributed by atoms with Crippen LogP contribution in [0.4, 0.5) is 23.4 Å². The molecule has 156 valence electrons. The molecule has 0 atom stereocenters. The molecule has 3 aromatic rings. The first-order valence-electron chi connectivity index (χ1n) is 8.85. The van der Waals surface area contributed by atoms with Gasteiger partial charge in [0.25, 0.3) is 0 Å². The first-order chi connectivity index (χ1) is 13.8. The van der Waals surface area contributed by atoms with Gasteiger partial charge in [0.1, 0.15) is 29.4 Å². The summed E-state index contributed by atoms with van der Waals surface area (Å²) in [4.78, 5) is 27.7. The number of alkyl halides is 3. The second-order valence-electron chi connectivity index (χ2n) is 6.88. The number of hydrogen-bond donors (Lipinski definition) is 3. The van der Waals surface area contributed by atoms with E-state index in [0.29, 0.717) is 35.9 Å². The van der Waals surface area contributed by atoms with Gasteiger partial charge in [-0.05, 0) is 31.4 Å². The molecule has 1 aliphatic carbocycles. The van der Waals surface area contributed by atoms with Gasteiger partial charge in [0.2, 0.25) is 5.91 Å². The summed E-state index contributed by atoms with van der Waals surface area (Å²) in [6.07, 6.45) is 1.12. The van der Waals surface area contributed by atoms with Crippen LogP contribution in [0.1, 0.15) is 22.1 Å². The highest BCUT2D eigenvalue weighted by molar-refractivity contribution is 5.92. The number of H-pyrrole nitrogens is 1. The van der Waals surface area contributed by atoms with Gasteiger partial charge in [0, 0.05) is 26.2 Å². The number of hydrogen-bond acceptors (Lipinski definition) is 5. The van der Waals surface area contributed by atoms with Crippen molar-refractivity contribution < 1.29 is 25.2 Å². The Morgan fingerprint density at radius 3 is 2.79 bits per heavy atom. The summed E-state index contributed by atoms with van der Waals surface area (Å²) in [7, 11) is 0. The first kappa shape index (κ1) is 19.1. The van der Waals surface area contributed by atoms with Crippen LogP contribution in [0, 0.1) is 5.82 Å². The molecule has 4 rings (SSSR count). The number of aromatic amines is 1. The van der Waals surface area contributed by atoms with E-state index >= 15 is 0 Å². The van der Waals surface area contributed by atoms with Crippen molar-refractivity contribution in [1.82, 2.24) is 25.3 Å². The molecule has 3 heterocycles. The number of amides is 1. The number of carbonyl (C=O) groups is 1. The summed E-state index contributed by atoms with van der Waals surface area (Å²) in [5.74, 6) is -0.684. The SMILES string of the molecule is O=C(NCC(F)(F)F)C1(Nc2ccnc(-c3c[nH]c4ncc(F)cc34)n2)CCC1.[HH].[HH]. The topological polar surface area (TPSA) is 95.6 Å². The molecule has 1 amide bonds. The molecular weight excluding hydrogens is 392 g/mol. The maximum absolute atomic E-state index is 13.6. The van der Waals surface area contributed by atoms with Crippen LogP contribution in [0.2, 0.25) is 0 Å². The van der Waals surface area contributed by atoms with Crippen molar-refractivity contribution in [3.63, 3.8) is 0 Å². The Hall–Kier alpha value is -3.24. The fourth-order valence-electron chi connectivity index (χ4n) is 3.25. The van der Waals surface area contributed by atoms with Crippen LogP contribution in [-0.2, 0) is 4.79 Å². The minimum absolute atomic E-state index is 0. The molecule has 0 bridgehead atoms. The zero-order valence-electron chi connectivity index (χ0n) is 15.0. The lowest BCUT2D eigenvalue weighted by Crippen LogP contribution is -2.58. The number of anilines is 1. The van der Waals surface area contributed by atoms with E-state index in [1.807, 2.05) is 5.32 Å². The van der Waals surface area contributed by atoms with Gasteiger partial charge >= 0.3 is 6.18 Å². The monoisotopic (exact) mass is 412 g/mol. The van der Waals surface area contributed by atoms with Crippen molar-refractivity contribution in [1.29, 1.82) is 0 Å². The van der Waals surface area contributed by atoms with E-state index in [2.05, 4.69) is 25.3 Å². The minimum Gasteiger partial charge on any atom is -0.356 e. The van der Waals surface area contributed by atoms with Crippen molar-refractivity contribution in [2.75, 3.05) is 11.9 Å². The summed E-state index contributed by atoms with van der Waals surface area (Å²) in [5, 5.41) is 5.38. The zero-order valence-corrected chi connectivity index (χ0v) is 15.0. The van der Waals surface area contributed by atoms with Crippen LogP contribution >= 0.6 is 0 Å². The number of carbonyl (C=O) groups excluding carboxylic acids is 1. The van der Waals surface area contributed by atoms with Crippen LogP contribution in [0.5, 0.6) is 0 Å². The Labute approximate surface area is 164 Å². The summed E-state index contributed by atoms with van der Waals surface area (Å²) >= 11 is 0. The molecule has 29 heavy (non-hydrogen) atoms. The van der Waals surface area contributed by atoms with Crippen molar-refractivity contribution >= 4 is 22.8 Å². The molecule has 1 aliphatic rings. The summed E-state index contributed by atoms with van der Waals surface area (Å²) in [6.45, 7) is -1.39. The van der Waals surface area contributed by atoms with Gasteiger partial charge in [0.05, 0.1) is 6.20 Å². The lowest BCUT2D eigenvalue weighted by atomic mass is 9.76. The van der Waals surface area contributed by atoms with E-state index in [4.69, 9.17) is 0 Å². The van der Waals surface area contributed by atoms with Crippen LogP contribution < -0.4 is 10.6 Å². The second-order valence-corrected chi connectivity index (χ2v) is 6.88. The molecule has 3 N–H and O–H groups in total. The third kappa shape index (κ3) is 3.84. The molecule has 0 unspecified atom stereocenters. The van der Waals surface area contributed by atoms with Crippen LogP contribution in [-0.4, -0.2) is 44.1 Å². The third-order valence-corrected chi connectivity index (χ3v) is 4.85. The maximum Gasteiger partial charge on any atom is 0.405 e. The highest BCUT2D eigenvalue weighted by atomic mass is 19.4. The fraction of sp³-hybridized carbons (Fsp3) is 0.333. The Bertz CT molecular complexity index is 1070. The molecule has 0 spiro atoms. The summed E-state index contributed by atoms with van der Waals surface area (Å²) in [5.41, 5.74) is -0.171. The first-order valence-corrected chi connectivity index (χ1v) is 8.85. The molecule has 0 aliphatic heterocycles. The molecule has 7 nitrogen and oxygen atoms in total. The molecule has 0 aromatic carbocycles. The number of nitrogens with one attached hydrogen (secondary N) is 3. The Morgan fingerprint density at radius 2 is 2.10 bits per heavy atom. The average molecular weight is 412 g/mol. The maximum atomic E-state index is 13.6. The summed E-state index contributed by atoms with van der Waals surface area (Å²) in [6, 6.07) is 2.82. The van der Waals surface area contributed by atoms with Gasteiger partial charge in [-0.1, -0.05) is 0 Å². The molecule has 0 radical (unpaired) electrons. The number of fused-ring (bicyclic) bond motifs is 1. The number of rotatable bonds is 5. The second kappa shape index (κ2) is 6.98. The predicted molar refractivity (Wildman–Crippen MR) is 101 cm³/mol. The summed E-state index contributed by atoms with van der Waals surface area (Å²) < 4.78 is 50.8. The quantitative estimate of drug-likeness (QED) is 0.556. The molecule has 0 saturated heterocycles. The van der Waals surface area contributed by atoms with E-state index in [0.717, 1.165) is 6.20 Å².